The summed E-state index contributed by atoms with van der Waals surface area (Å²) in [5, 5.41) is 6.50. The van der Waals surface area contributed by atoms with Gasteiger partial charge in [0.2, 0.25) is 5.91 Å². The molecule has 0 aliphatic heterocycles. The summed E-state index contributed by atoms with van der Waals surface area (Å²) in [5.74, 6) is -0.0922. The molecule has 5 nitrogen and oxygen atoms in total. The number of rotatable bonds is 5. The normalized spacial score (nSPS) is 11.1. The van der Waals surface area contributed by atoms with E-state index < -0.39 is 0 Å². The summed E-state index contributed by atoms with van der Waals surface area (Å²) < 4.78 is 1.52. The highest BCUT2D eigenvalue weighted by Crippen LogP contribution is 2.26. The van der Waals surface area contributed by atoms with E-state index in [2.05, 4.69) is 5.32 Å². The number of aromatic nitrogens is 2. The van der Waals surface area contributed by atoms with Crippen molar-refractivity contribution in [1.82, 2.24) is 9.55 Å². The van der Waals surface area contributed by atoms with Crippen molar-refractivity contribution >= 4 is 56.6 Å². The second kappa shape index (κ2) is 9.33. The molecule has 0 aliphatic carbocycles. The molecule has 0 unspecified atom stereocenters. The average molecular weight is 486 g/mol. The number of halogens is 1. The van der Waals surface area contributed by atoms with E-state index in [1.54, 1.807) is 18.2 Å². The molecule has 5 aromatic rings. The summed E-state index contributed by atoms with van der Waals surface area (Å²) in [5.41, 5.74) is 2.64. The van der Waals surface area contributed by atoms with E-state index in [0.717, 1.165) is 22.0 Å². The molecular formula is C27H20ClN3O2S. The third-order valence-corrected chi connectivity index (χ3v) is 6.90. The molecule has 0 spiro atoms. The van der Waals surface area contributed by atoms with Gasteiger partial charge < -0.3 is 5.32 Å². The minimum Gasteiger partial charge on any atom is -0.325 e. The van der Waals surface area contributed by atoms with Gasteiger partial charge in [-0.1, -0.05) is 78.0 Å². The van der Waals surface area contributed by atoms with Crippen molar-refractivity contribution in [2.45, 2.75) is 12.1 Å². The molecule has 0 radical (unpaired) electrons. The van der Waals surface area contributed by atoms with Gasteiger partial charge in [0.25, 0.3) is 5.56 Å². The molecule has 4 aromatic carbocycles. The van der Waals surface area contributed by atoms with E-state index in [1.807, 2.05) is 73.7 Å². The fourth-order valence-corrected chi connectivity index (χ4v) is 4.80. The number of carbonyl (C=O) groups excluding carboxylic acids is 1. The van der Waals surface area contributed by atoms with Gasteiger partial charge in [-0.2, -0.15) is 0 Å². The van der Waals surface area contributed by atoms with Crippen molar-refractivity contribution in [1.29, 1.82) is 0 Å². The van der Waals surface area contributed by atoms with Crippen LogP contribution in [0.2, 0.25) is 5.02 Å². The first-order chi connectivity index (χ1) is 16.5. The molecule has 7 heteroatoms. The molecule has 34 heavy (non-hydrogen) atoms. The fourth-order valence-electron chi connectivity index (χ4n) is 3.81. The molecule has 1 N–H and O–H groups in total. The van der Waals surface area contributed by atoms with E-state index in [9.17, 15) is 9.59 Å². The van der Waals surface area contributed by atoms with Crippen LogP contribution in [0.5, 0.6) is 0 Å². The molecule has 0 saturated carbocycles. The average Bonchev–Trinajstić information content (AvgIpc) is 2.85. The van der Waals surface area contributed by atoms with Crippen LogP contribution >= 0.6 is 23.4 Å². The standard InChI is InChI=1S/C27H20ClN3O2S/c1-17-13-14-19(15-22(17)28)31-26(33)21-10-4-5-11-24(21)30-27(31)34-16-25(32)29-23-12-6-8-18-7-2-3-9-20(18)23/h2-15H,16H2,1H3,(H,29,32). The van der Waals surface area contributed by atoms with Gasteiger partial charge >= 0.3 is 0 Å². The van der Waals surface area contributed by atoms with E-state index in [1.165, 1.54) is 16.3 Å². The molecular weight excluding hydrogens is 466 g/mol. The first-order valence-electron chi connectivity index (χ1n) is 10.7. The number of hydrogen-bond acceptors (Lipinski definition) is 4. The SMILES string of the molecule is Cc1ccc(-n2c(SCC(=O)Nc3cccc4ccccc34)nc3ccccc3c2=O)cc1Cl. The topological polar surface area (TPSA) is 64.0 Å². The van der Waals surface area contributed by atoms with Gasteiger partial charge in [0.1, 0.15) is 0 Å². The van der Waals surface area contributed by atoms with Crippen LogP contribution in [0.3, 0.4) is 0 Å². The first-order valence-corrected chi connectivity index (χ1v) is 12.1. The van der Waals surface area contributed by atoms with Gasteiger partial charge in [-0.15, -0.1) is 0 Å². The monoisotopic (exact) mass is 485 g/mol. The summed E-state index contributed by atoms with van der Waals surface area (Å²) in [6, 6.07) is 26.3. The zero-order valence-electron chi connectivity index (χ0n) is 18.3. The Hall–Kier alpha value is -3.61. The third-order valence-electron chi connectivity index (χ3n) is 5.55. The highest BCUT2D eigenvalue weighted by atomic mass is 35.5. The summed E-state index contributed by atoms with van der Waals surface area (Å²) in [6.07, 6.45) is 0. The van der Waals surface area contributed by atoms with Crippen molar-refractivity contribution in [3.8, 4) is 5.69 Å². The number of nitrogens with one attached hydrogen (secondary N) is 1. The molecule has 1 heterocycles. The number of carbonyl (C=O) groups is 1. The van der Waals surface area contributed by atoms with E-state index in [0.29, 0.717) is 26.8 Å². The largest absolute Gasteiger partial charge is 0.325 e. The van der Waals surface area contributed by atoms with Gasteiger partial charge in [-0.05, 0) is 48.2 Å². The van der Waals surface area contributed by atoms with Gasteiger partial charge in [0, 0.05) is 16.1 Å². The van der Waals surface area contributed by atoms with Gasteiger partial charge in [0.15, 0.2) is 5.16 Å². The Balaban J connectivity index is 1.48. The summed E-state index contributed by atoms with van der Waals surface area (Å²) >= 11 is 7.56. The number of fused-ring (bicyclic) bond motifs is 2. The smallest absolute Gasteiger partial charge is 0.266 e. The Bertz CT molecular complexity index is 1610. The van der Waals surface area contributed by atoms with Crippen LogP contribution in [0, 0.1) is 6.92 Å². The number of hydrogen-bond donors (Lipinski definition) is 1. The van der Waals surface area contributed by atoms with Crippen LogP contribution in [0.25, 0.3) is 27.4 Å². The lowest BCUT2D eigenvalue weighted by atomic mass is 10.1. The Morgan fingerprint density at radius 1 is 0.971 bits per heavy atom. The molecule has 0 atom stereocenters. The predicted molar refractivity (Wildman–Crippen MR) is 140 cm³/mol. The highest BCUT2D eigenvalue weighted by Gasteiger charge is 2.16. The maximum Gasteiger partial charge on any atom is 0.266 e. The molecule has 0 saturated heterocycles. The van der Waals surface area contributed by atoms with Crippen LogP contribution in [0.4, 0.5) is 5.69 Å². The summed E-state index contributed by atoms with van der Waals surface area (Å²) in [6.45, 7) is 1.90. The van der Waals surface area contributed by atoms with Gasteiger partial charge in [-0.3, -0.25) is 14.2 Å². The van der Waals surface area contributed by atoms with Crippen molar-refractivity contribution < 1.29 is 4.79 Å². The Morgan fingerprint density at radius 3 is 2.53 bits per heavy atom. The van der Waals surface area contributed by atoms with Crippen LogP contribution in [0.15, 0.2) is 94.9 Å². The summed E-state index contributed by atoms with van der Waals surface area (Å²) in [4.78, 5) is 30.9. The molecule has 0 aliphatic rings. The second-order valence-electron chi connectivity index (χ2n) is 7.85. The molecule has 168 valence electrons. The van der Waals surface area contributed by atoms with Crippen LogP contribution < -0.4 is 10.9 Å². The number of nitrogens with zero attached hydrogens (tertiary/aromatic N) is 2. The predicted octanol–water partition coefficient (Wildman–Crippen LogP) is 6.23. The Morgan fingerprint density at radius 2 is 1.71 bits per heavy atom. The fraction of sp³-hybridized carbons (Fsp3) is 0.0741. The quantitative estimate of drug-likeness (QED) is 0.237. The van der Waals surface area contributed by atoms with Crippen LogP contribution in [-0.2, 0) is 4.79 Å². The number of thioether (sulfide) groups is 1. The molecule has 1 amide bonds. The zero-order valence-corrected chi connectivity index (χ0v) is 19.9. The van der Waals surface area contributed by atoms with Crippen LogP contribution in [0.1, 0.15) is 5.56 Å². The number of aryl methyl sites for hydroxylation is 1. The molecule has 1 aromatic heterocycles. The van der Waals surface area contributed by atoms with Crippen molar-refractivity contribution in [3.63, 3.8) is 0 Å². The van der Waals surface area contributed by atoms with Gasteiger partial charge in [-0.25, -0.2) is 4.98 Å². The van der Waals surface area contributed by atoms with Gasteiger partial charge in [0.05, 0.1) is 22.3 Å². The molecule has 0 fully saturated rings. The molecule has 0 bridgehead atoms. The summed E-state index contributed by atoms with van der Waals surface area (Å²) in [7, 11) is 0. The second-order valence-corrected chi connectivity index (χ2v) is 9.20. The minimum absolute atomic E-state index is 0.0909. The number of anilines is 1. The zero-order chi connectivity index (χ0) is 23.7. The lowest BCUT2D eigenvalue weighted by Gasteiger charge is -2.14. The van der Waals surface area contributed by atoms with E-state index >= 15 is 0 Å². The molecule has 5 rings (SSSR count). The lowest BCUT2D eigenvalue weighted by molar-refractivity contribution is -0.113. The maximum atomic E-state index is 13.4. The number of benzene rings is 4. The van der Waals surface area contributed by atoms with Crippen molar-refractivity contribution in [2.24, 2.45) is 0 Å². The minimum atomic E-state index is -0.206. The van der Waals surface area contributed by atoms with E-state index in [4.69, 9.17) is 16.6 Å². The van der Waals surface area contributed by atoms with Crippen LogP contribution in [-0.4, -0.2) is 21.2 Å². The first kappa shape index (κ1) is 22.2. The number of amides is 1. The Kier molecular flexibility index (Phi) is 6.09. The lowest BCUT2D eigenvalue weighted by Crippen LogP contribution is -2.23. The van der Waals surface area contributed by atoms with Crippen molar-refractivity contribution in [2.75, 3.05) is 11.1 Å². The number of para-hydroxylation sites is 1. The Labute approximate surface area is 205 Å². The highest BCUT2D eigenvalue weighted by molar-refractivity contribution is 7.99. The third kappa shape index (κ3) is 4.30. The maximum absolute atomic E-state index is 13.4. The van der Waals surface area contributed by atoms with Crippen molar-refractivity contribution in [3.05, 3.63) is 106 Å². The van der Waals surface area contributed by atoms with E-state index in [-0.39, 0.29) is 17.2 Å².